The second kappa shape index (κ2) is 19.0. The first-order chi connectivity index (χ1) is 27.9. The minimum Gasteiger partial charge on any atom is -0.444 e. The molecule has 1 saturated carbocycles. The summed E-state index contributed by atoms with van der Waals surface area (Å²) in [5.74, 6) is 1.48. The van der Waals surface area contributed by atoms with Gasteiger partial charge in [-0.05, 0) is 108 Å². The van der Waals surface area contributed by atoms with E-state index in [1.54, 1.807) is 6.33 Å². The number of alkyl carbamates (subject to hydrolysis) is 1. The second-order valence-electron chi connectivity index (χ2n) is 18.0. The van der Waals surface area contributed by atoms with Crippen molar-refractivity contribution < 1.29 is 23.9 Å². The lowest BCUT2D eigenvalue weighted by Gasteiger charge is -2.42. The molecule has 3 aliphatic heterocycles. The van der Waals surface area contributed by atoms with Gasteiger partial charge in [0.2, 0.25) is 11.8 Å². The van der Waals surface area contributed by atoms with Crippen LogP contribution < -0.4 is 15.5 Å². The zero-order chi connectivity index (χ0) is 40.7. The summed E-state index contributed by atoms with van der Waals surface area (Å²) in [4.78, 5) is 59.6. The molecule has 1 unspecified atom stereocenters. The van der Waals surface area contributed by atoms with Crippen molar-refractivity contribution in [1.29, 1.82) is 0 Å². The summed E-state index contributed by atoms with van der Waals surface area (Å²) in [6, 6.07) is 9.30. The number of benzene rings is 1. The molecule has 1 aliphatic carbocycles. The summed E-state index contributed by atoms with van der Waals surface area (Å²) in [5, 5.41) is 7.93. The molecule has 2 aromatic heterocycles. The number of fused-ring (bicyclic) bond motifs is 1. The number of amides is 3. The summed E-state index contributed by atoms with van der Waals surface area (Å²) in [6.45, 7) is 10.7. The molecule has 5 heterocycles. The highest BCUT2D eigenvalue weighted by Gasteiger charge is 2.45. The topological polar surface area (TPSA) is 145 Å². The third-order valence-electron chi connectivity index (χ3n) is 12.6. The number of rotatable bonds is 12. The average Bonchev–Trinajstić information content (AvgIpc) is 3.70. The first-order valence-electron chi connectivity index (χ1n) is 21.7. The summed E-state index contributed by atoms with van der Waals surface area (Å²) < 4.78 is 12.3. The van der Waals surface area contributed by atoms with E-state index in [0.717, 1.165) is 87.2 Å². The Kier molecular flexibility index (Phi) is 13.8. The van der Waals surface area contributed by atoms with Gasteiger partial charge in [-0.15, -0.1) is 0 Å². The van der Waals surface area contributed by atoms with Gasteiger partial charge in [0.1, 0.15) is 28.9 Å². The fraction of sp³-hybridized carbons (Fsp3) is 0.659. The molecule has 3 amide bonds. The predicted octanol–water partition coefficient (Wildman–Crippen LogP) is 7.17. The van der Waals surface area contributed by atoms with E-state index in [0.29, 0.717) is 49.2 Å². The summed E-state index contributed by atoms with van der Waals surface area (Å²) >= 11 is 6.31. The Bertz CT molecular complexity index is 1820. The van der Waals surface area contributed by atoms with Crippen molar-refractivity contribution in [2.24, 2.45) is 5.92 Å². The van der Waals surface area contributed by atoms with Crippen molar-refractivity contribution in [3.8, 4) is 0 Å². The van der Waals surface area contributed by atoms with Crippen LogP contribution in [0.4, 0.5) is 10.6 Å². The minimum atomic E-state index is -1.19. The van der Waals surface area contributed by atoms with Crippen LogP contribution in [-0.4, -0.2) is 112 Å². The lowest BCUT2D eigenvalue weighted by Crippen LogP contribution is -2.64. The van der Waals surface area contributed by atoms with Crippen molar-refractivity contribution in [3.63, 3.8) is 0 Å². The number of hydrogen-bond acceptors (Lipinski definition) is 9. The Morgan fingerprint density at radius 3 is 2.24 bits per heavy atom. The van der Waals surface area contributed by atoms with Gasteiger partial charge in [-0.3, -0.25) is 9.59 Å². The first-order valence-corrected chi connectivity index (χ1v) is 22.1. The smallest absolute Gasteiger partial charge is 0.408 e. The summed E-state index contributed by atoms with van der Waals surface area (Å²) in [5.41, 5.74) is -0.203. The summed E-state index contributed by atoms with van der Waals surface area (Å²) in [6.07, 6.45) is 15.4. The van der Waals surface area contributed by atoms with Gasteiger partial charge in [0.15, 0.2) is 0 Å². The van der Waals surface area contributed by atoms with E-state index in [4.69, 9.17) is 21.1 Å². The van der Waals surface area contributed by atoms with Gasteiger partial charge in [0.05, 0.1) is 23.6 Å². The Hall–Kier alpha value is -3.94. The highest BCUT2D eigenvalue weighted by atomic mass is 35.5. The van der Waals surface area contributed by atoms with E-state index in [1.807, 2.05) is 57.3 Å². The van der Waals surface area contributed by atoms with Crippen LogP contribution in [0.3, 0.4) is 0 Å². The van der Waals surface area contributed by atoms with Gasteiger partial charge < -0.3 is 39.8 Å². The highest BCUT2D eigenvalue weighted by molar-refractivity contribution is 6.30. The van der Waals surface area contributed by atoms with Crippen LogP contribution in [0.5, 0.6) is 0 Å². The number of nitrogens with zero attached hydrogens (tertiary/aromatic N) is 5. The SMILES string of the molecule is CC(C)(C)OC(=O)NC1(C(=O)NC(CCN2CCC(OC3CCN(C(=O)CC4CCCCC4)CC3)CC2)c2ccc(Cl)cc2)CCN(c2ncnc3[nH]ccc23)CC1. The number of carbonyl (C=O) groups excluding carboxylic acids is 3. The van der Waals surface area contributed by atoms with E-state index in [2.05, 4.69) is 40.3 Å². The number of piperidine rings is 3. The third kappa shape index (κ3) is 11.0. The molecule has 3 N–H and O–H groups in total. The molecule has 1 atom stereocenters. The van der Waals surface area contributed by atoms with Gasteiger partial charge in [0.25, 0.3) is 0 Å². The Morgan fingerprint density at radius 2 is 1.57 bits per heavy atom. The molecule has 3 saturated heterocycles. The van der Waals surface area contributed by atoms with Crippen molar-refractivity contribution in [2.45, 2.75) is 134 Å². The van der Waals surface area contributed by atoms with Gasteiger partial charge in [-0.2, -0.15) is 0 Å². The van der Waals surface area contributed by atoms with E-state index in [-0.39, 0.29) is 24.2 Å². The Labute approximate surface area is 348 Å². The Morgan fingerprint density at radius 1 is 0.897 bits per heavy atom. The van der Waals surface area contributed by atoms with E-state index in [9.17, 15) is 14.4 Å². The van der Waals surface area contributed by atoms with Crippen molar-refractivity contribution in [2.75, 3.05) is 50.7 Å². The van der Waals surface area contributed by atoms with Gasteiger partial charge in [0, 0.05) is 63.5 Å². The van der Waals surface area contributed by atoms with Crippen molar-refractivity contribution in [3.05, 3.63) is 53.4 Å². The number of anilines is 1. The Balaban J connectivity index is 0.941. The van der Waals surface area contributed by atoms with Gasteiger partial charge in [-0.25, -0.2) is 14.8 Å². The number of aromatic amines is 1. The average molecular weight is 819 g/mol. The molecule has 4 fully saturated rings. The van der Waals surface area contributed by atoms with Crippen LogP contribution in [0.1, 0.15) is 116 Å². The van der Waals surface area contributed by atoms with E-state index < -0.39 is 17.2 Å². The molecule has 13 nitrogen and oxygen atoms in total. The largest absolute Gasteiger partial charge is 0.444 e. The van der Waals surface area contributed by atoms with Gasteiger partial charge >= 0.3 is 6.09 Å². The molecular formula is C44H63ClN8O5. The number of H-pyrrole nitrogens is 1. The molecular weight excluding hydrogens is 756 g/mol. The predicted molar refractivity (Wildman–Crippen MR) is 226 cm³/mol. The molecule has 58 heavy (non-hydrogen) atoms. The van der Waals surface area contributed by atoms with Crippen LogP contribution in [0.15, 0.2) is 42.9 Å². The molecule has 316 valence electrons. The number of likely N-dealkylation sites (tertiary alicyclic amines) is 2. The maximum atomic E-state index is 14.6. The maximum Gasteiger partial charge on any atom is 0.408 e. The minimum absolute atomic E-state index is 0.212. The normalized spacial score (nSPS) is 20.8. The summed E-state index contributed by atoms with van der Waals surface area (Å²) in [7, 11) is 0. The zero-order valence-corrected chi connectivity index (χ0v) is 35.4. The standard InChI is InChI=1S/C44H63ClN8O5/c1-43(2,3)58-42(56)50-44(19-27-53(28-20-44)40-36-13-21-46-39(36)47-30-48-40)41(55)49-37(32-9-11-33(45)12-10-32)18-24-51-22-14-34(15-23-51)57-35-16-25-52(26-17-35)38(54)29-31-7-5-4-6-8-31/h9-13,21,30-31,34-35,37H,4-8,14-20,22-29H2,1-3H3,(H,49,55)(H,50,56)(H,46,47,48). The van der Waals surface area contributed by atoms with Crippen LogP contribution in [-0.2, 0) is 19.1 Å². The van der Waals surface area contributed by atoms with E-state index in [1.165, 1.54) is 32.1 Å². The number of carbonyl (C=O) groups is 3. The molecule has 0 bridgehead atoms. The fourth-order valence-electron chi connectivity index (χ4n) is 9.29. The van der Waals surface area contributed by atoms with Crippen LogP contribution >= 0.6 is 11.6 Å². The number of aromatic nitrogens is 3. The molecule has 0 radical (unpaired) electrons. The fourth-order valence-corrected chi connectivity index (χ4v) is 9.42. The lowest BCUT2D eigenvalue weighted by atomic mass is 9.85. The highest BCUT2D eigenvalue weighted by Crippen LogP contribution is 2.32. The first kappa shape index (κ1) is 42.2. The lowest BCUT2D eigenvalue weighted by molar-refractivity contribution is -0.136. The quantitative estimate of drug-likeness (QED) is 0.173. The van der Waals surface area contributed by atoms with Crippen molar-refractivity contribution in [1.82, 2.24) is 35.4 Å². The monoisotopic (exact) mass is 818 g/mol. The molecule has 0 spiro atoms. The molecule has 1 aromatic carbocycles. The molecule has 3 aromatic rings. The number of ether oxygens (including phenoxy) is 2. The van der Waals surface area contributed by atoms with Crippen molar-refractivity contribution >= 4 is 46.4 Å². The zero-order valence-electron chi connectivity index (χ0n) is 34.6. The maximum absolute atomic E-state index is 14.6. The van der Waals surface area contributed by atoms with Gasteiger partial charge in [-0.1, -0.05) is 43.0 Å². The van der Waals surface area contributed by atoms with E-state index >= 15 is 0 Å². The number of hydrogen-bond donors (Lipinski definition) is 3. The molecule has 7 rings (SSSR count). The van der Waals surface area contributed by atoms with Crippen LogP contribution in [0.2, 0.25) is 5.02 Å². The molecule has 14 heteroatoms. The second-order valence-corrected chi connectivity index (χ2v) is 18.4. The number of nitrogens with one attached hydrogen (secondary N) is 3. The molecule has 4 aliphatic rings. The third-order valence-corrected chi connectivity index (χ3v) is 12.9. The van der Waals surface area contributed by atoms with Crippen LogP contribution in [0, 0.1) is 5.92 Å². The number of halogens is 1. The van der Waals surface area contributed by atoms with Crippen LogP contribution in [0.25, 0.3) is 11.0 Å².